The number of rotatable bonds is 10. The third kappa shape index (κ3) is 8.83. The summed E-state index contributed by atoms with van der Waals surface area (Å²) in [7, 11) is 3.54. The molecule has 0 atom stereocenters. The Hall–Kier alpha value is -2.12. The van der Waals surface area contributed by atoms with Gasteiger partial charge in [0.2, 0.25) is 0 Å². The van der Waals surface area contributed by atoms with Gasteiger partial charge in [-0.25, -0.2) is 0 Å². The van der Waals surface area contributed by atoms with Gasteiger partial charge in [0.1, 0.15) is 0 Å². The zero-order chi connectivity index (χ0) is 20.9. The molecule has 0 radical (unpaired) electrons. The Morgan fingerprint density at radius 1 is 1.28 bits per heavy atom. The molecular weight excluding hydrogens is 368 g/mol. The van der Waals surface area contributed by atoms with Crippen LogP contribution in [0.2, 0.25) is 0 Å². The second-order valence-electron chi connectivity index (χ2n) is 7.37. The fraction of sp³-hybridized carbons (Fsp3) is 0.636. The molecule has 0 bridgehead atoms. The molecule has 1 saturated heterocycles. The average Bonchev–Trinajstić information content (AvgIpc) is 2.73. The Labute approximate surface area is 174 Å². The van der Waals surface area contributed by atoms with E-state index in [-0.39, 0.29) is 5.91 Å². The fourth-order valence-corrected chi connectivity index (χ4v) is 3.13. The minimum absolute atomic E-state index is 0.0256. The van der Waals surface area contributed by atoms with E-state index in [4.69, 9.17) is 9.47 Å². The van der Waals surface area contributed by atoms with Crippen LogP contribution in [0.3, 0.4) is 0 Å². The minimum Gasteiger partial charge on any atom is -0.381 e. The van der Waals surface area contributed by atoms with Crippen LogP contribution in [0, 0.1) is 0 Å². The number of amides is 1. The topological polar surface area (TPSA) is 75.2 Å². The number of carbonyl (C=O) groups is 1. The molecule has 2 rings (SSSR count). The molecule has 0 saturated carbocycles. The van der Waals surface area contributed by atoms with Crippen molar-refractivity contribution in [1.29, 1.82) is 0 Å². The highest BCUT2D eigenvalue weighted by molar-refractivity contribution is 5.94. The highest BCUT2D eigenvalue weighted by Crippen LogP contribution is 2.10. The molecule has 2 N–H and O–H groups in total. The van der Waals surface area contributed by atoms with Crippen LogP contribution >= 0.6 is 0 Å². The van der Waals surface area contributed by atoms with Crippen molar-refractivity contribution in [2.24, 2.45) is 4.99 Å². The van der Waals surface area contributed by atoms with Crippen LogP contribution in [-0.2, 0) is 15.9 Å². The predicted octanol–water partition coefficient (Wildman–Crippen LogP) is 2.07. The molecule has 0 spiro atoms. The van der Waals surface area contributed by atoms with E-state index in [0.29, 0.717) is 6.10 Å². The van der Waals surface area contributed by atoms with E-state index in [0.717, 1.165) is 82.2 Å². The quantitative estimate of drug-likeness (QED) is 0.355. The first-order valence-electron chi connectivity index (χ1n) is 10.6. The number of ether oxygens (including phenoxy) is 2. The molecule has 1 heterocycles. The van der Waals surface area contributed by atoms with Gasteiger partial charge in [-0.05, 0) is 50.3 Å². The van der Waals surface area contributed by atoms with Crippen molar-refractivity contribution in [2.45, 2.75) is 38.7 Å². The number of benzene rings is 1. The summed E-state index contributed by atoms with van der Waals surface area (Å²) in [5.74, 6) is 0.844. The molecule has 7 nitrogen and oxygen atoms in total. The van der Waals surface area contributed by atoms with Crippen molar-refractivity contribution in [3.8, 4) is 0 Å². The summed E-state index contributed by atoms with van der Waals surface area (Å²) in [4.78, 5) is 18.3. The summed E-state index contributed by atoms with van der Waals surface area (Å²) < 4.78 is 11.2. The Bertz CT molecular complexity index is 643. The molecule has 29 heavy (non-hydrogen) atoms. The van der Waals surface area contributed by atoms with E-state index >= 15 is 0 Å². The Balaban J connectivity index is 1.71. The summed E-state index contributed by atoms with van der Waals surface area (Å²) in [5.41, 5.74) is 1.85. The smallest absolute Gasteiger partial charge is 0.253 e. The van der Waals surface area contributed by atoms with Gasteiger partial charge in [0.05, 0.1) is 6.10 Å². The summed E-state index contributed by atoms with van der Waals surface area (Å²) in [5, 5.41) is 6.64. The van der Waals surface area contributed by atoms with E-state index in [2.05, 4.69) is 22.5 Å². The number of aliphatic imine (C=N–C) groups is 1. The molecule has 7 heteroatoms. The first kappa shape index (κ1) is 23.2. The summed E-state index contributed by atoms with van der Waals surface area (Å²) in [6.07, 6.45) is 4.06. The van der Waals surface area contributed by atoms with Crippen LogP contribution in [0.1, 0.15) is 42.1 Å². The largest absolute Gasteiger partial charge is 0.381 e. The highest BCUT2D eigenvalue weighted by Gasteiger charge is 2.13. The van der Waals surface area contributed by atoms with Gasteiger partial charge in [-0.1, -0.05) is 12.1 Å². The monoisotopic (exact) mass is 404 g/mol. The fourth-order valence-electron chi connectivity index (χ4n) is 3.13. The van der Waals surface area contributed by atoms with Gasteiger partial charge in [0.15, 0.2) is 5.96 Å². The number of hydrogen-bond donors (Lipinski definition) is 2. The van der Waals surface area contributed by atoms with Gasteiger partial charge in [-0.3, -0.25) is 9.79 Å². The molecule has 0 aromatic heterocycles. The molecule has 1 aromatic rings. The lowest BCUT2D eigenvalue weighted by Crippen LogP contribution is -2.38. The third-order valence-corrected chi connectivity index (χ3v) is 4.72. The number of carbonyl (C=O) groups excluding carboxylic acids is 1. The molecular formula is C22H36N4O3. The van der Waals surface area contributed by atoms with Crippen molar-refractivity contribution in [3.63, 3.8) is 0 Å². The molecule has 0 unspecified atom stereocenters. The lowest BCUT2D eigenvalue weighted by Gasteiger charge is -2.22. The van der Waals surface area contributed by atoms with E-state index in [1.165, 1.54) is 0 Å². The Kier molecular flexibility index (Phi) is 10.5. The van der Waals surface area contributed by atoms with Crippen LogP contribution in [-0.4, -0.2) is 76.4 Å². The van der Waals surface area contributed by atoms with Crippen LogP contribution in [0.25, 0.3) is 0 Å². The van der Waals surface area contributed by atoms with Crippen molar-refractivity contribution in [3.05, 3.63) is 35.4 Å². The van der Waals surface area contributed by atoms with Gasteiger partial charge >= 0.3 is 0 Å². The summed E-state index contributed by atoms with van der Waals surface area (Å²) >= 11 is 0. The van der Waals surface area contributed by atoms with E-state index < -0.39 is 0 Å². The highest BCUT2D eigenvalue weighted by atomic mass is 16.5. The first-order chi connectivity index (χ1) is 14.1. The maximum Gasteiger partial charge on any atom is 0.253 e. The lowest BCUT2D eigenvalue weighted by atomic mass is 10.1. The van der Waals surface area contributed by atoms with Gasteiger partial charge in [-0.15, -0.1) is 0 Å². The molecule has 1 aliphatic heterocycles. The maximum atomic E-state index is 12.1. The third-order valence-electron chi connectivity index (χ3n) is 4.72. The van der Waals surface area contributed by atoms with Crippen molar-refractivity contribution < 1.29 is 14.3 Å². The predicted molar refractivity (Wildman–Crippen MR) is 117 cm³/mol. The van der Waals surface area contributed by atoms with Crippen LogP contribution in [0.4, 0.5) is 0 Å². The molecule has 0 aliphatic carbocycles. The van der Waals surface area contributed by atoms with E-state index in [1.54, 1.807) is 19.0 Å². The second kappa shape index (κ2) is 13.2. The number of nitrogens with zero attached hydrogens (tertiary/aromatic N) is 2. The zero-order valence-corrected chi connectivity index (χ0v) is 18.1. The summed E-state index contributed by atoms with van der Waals surface area (Å²) in [6.45, 7) is 6.71. The van der Waals surface area contributed by atoms with Crippen LogP contribution in [0.5, 0.6) is 0 Å². The first-order valence-corrected chi connectivity index (χ1v) is 10.6. The second-order valence-corrected chi connectivity index (χ2v) is 7.37. The zero-order valence-electron chi connectivity index (χ0n) is 18.1. The van der Waals surface area contributed by atoms with Crippen molar-refractivity contribution in [2.75, 3.05) is 53.6 Å². The van der Waals surface area contributed by atoms with Gasteiger partial charge in [-0.2, -0.15) is 0 Å². The molecule has 1 amide bonds. The van der Waals surface area contributed by atoms with Gasteiger partial charge in [0.25, 0.3) is 5.91 Å². The van der Waals surface area contributed by atoms with Gasteiger partial charge in [0, 0.05) is 59.1 Å². The number of hydrogen-bond acceptors (Lipinski definition) is 4. The SMILES string of the molecule is CCNC(=NCCCOC1CCOCC1)NCCc1cccc(C(=O)N(C)C)c1. The average molecular weight is 405 g/mol. The van der Waals surface area contributed by atoms with E-state index in [1.807, 2.05) is 24.3 Å². The lowest BCUT2D eigenvalue weighted by molar-refractivity contribution is -0.0318. The van der Waals surface area contributed by atoms with E-state index in [9.17, 15) is 4.79 Å². The molecule has 162 valence electrons. The van der Waals surface area contributed by atoms with Crippen LogP contribution in [0.15, 0.2) is 29.3 Å². The Morgan fingerprint density at radius 2 is 2.07 bits per heavy atom. The van der Waals surface area contributed by atoms with Gasteiger partial charge < -0.3 is 25.0 Å². The van der Waals surface area contributed by atoms with Crippen molar-refractivity contribution >= 4 is 11.9 Å². The molecule has 1 aromatic carbocycles. The molecule has 1 aliphatic rings. The molecule has 1 fully saturated rings. The standard InChI is InChI=1S/C22H36N4O3/c1-4-23-22(24-12-6-14-29-20-10-15-28-16-11-20)25-13-9-18-7-5-8-19(17-18)21(27)26(2)3/h5,7-8,17,20H,4,6,9-16H2,1-3H3,(H2,23,24,25). The van der Waals surface area contributed by atoms with Crippen molar-refractivity contribution in [1.82, 2.24) is 15.5 Å². The Morgan fingerprint density at radius 3 is 2.79 bits per heavy atom. The number of guanidine groups is 1. The summed E-state index contributed by atoms with van der Waals surface area (Å²) in [6, 6.07) is 7.80. The van der Waals surface area contributed by atoms with Crippen LogP contribution < -0.4 is 10.6 Å². The minimum atomic E-state index is 0.0256. The number of nitrogens with one attached hydrogen (secondary N) is 2. The normalized spacial score (nSPS) is 15.2. The maximum absolute atomic E-state index is 12.1.